The van der Waals surface area contributed by atoms with Gasteiger partial charge in [0.2, 0.25) is 5.91 Å². The Hall–Kier alpha value is -3.72. The lowest BCUT2D eigenvalue weighted by atomic mass is 9.91. The number of hydrogen-bond donors (Lipinski definition) is 1. The van der Waals surface area contributed by atoms with Crippen LogP contribution in [0.5, 0.6) is 11.5 Å². The van der Waals surface area contributed by atoms with Crippen LogP contribution < -0.4 is 14.8 Å². The predicted octanol–water partition coefficient (Wildman–Crippen LogP) is 5.14. The van der Waals surface area contributed by atoms with Crippen molar-refractivity contribution in [2.24, 2.45) is 10.9 Å². The third-order valence-electron chi connectivity index (χ3n) is 6.09. The molecule has 2 heterocycles. The normalized spacial score (nSPS) is 16.6. The van der Waals surface area contributed by atoms with E-state index in [0.29, 0.717) is 40.4 Å². The number of hydrogen-bond acceptors (Lipinski definition) is 8. The highest BCUT2D eigenvalue weighted by atomic mass is 32.2. The monoisotopic (exact) mass is 535 g/mol. The first kappa shape index (κ1) is 27.3. The van der Waals surface area contributed by atoms with Crippen LogP contribution in [-0.2, 0) is 14.3 Å². The summed E-state index contributed by atoms with van der Waals surface area (Å²) in [7, 11) is 3.17. The van der Waals surface area contributed by atoms with Crippen LogP contribution in [0.3, 0.4) is 0 Å². The third-order valence-corrected chi connectivity index (χ3v) is 6.98. The molecule has 0 bridgehead atoms. The molecule has 2 aromatic carbocycles. The van der Waals surface area contributed by atoms with Gasteiger partial charge in [-0.25, -0.2) is 9.79 Å². The van der Waals surface area contributed by atoms with Crippen LogP contribution in [0.15, 0.2) is 70.2 Å². The van der Waals surface area contributed by atoms with E-state index in [9.17, 15) is 9.59 Å². The molecule has 2 aliphatic heterocycles. The summed E-state index contributed by atoms with van der Waals surface area (Å²) in [5.41, 5.74) is 3.21. The third kappa shape index (κ3) is 5.88. The number of thioether (sulfide) groups is 1. The van der Waals surface area contributed by atoms with Crippen LogP contribution in [0, 0.1) is 5.92 Å². The molecule has 1 atom stereocenters. The average Bonchev–Trinajstić information content (AvgIpc) is 3.33. The molecule has 0 aromatic heterocycles. The van der Waals surface area contributed by atoms with Gasteiger partial charge in [0.15, 0.2) is 5.17 Å². The van der Waals surface area contributed by atoms with E-state index in [4.69, 9.17) is 19.2 Å². The van der Waals surface area contributed by atoms with Gasteiger partial charge in [-0.1, -0.05) is 55.9 Å². The van der Waals surface area contributed by atoms with E-state index in [1.807, 2.05) is 66.6 Å². The Labute approximate surface area is 227 Å². The molecule has 0 saturated carbocycles. The zero-order chi connectivity index (χ0) is 27.2. The summed E-state index contributed by atoms with van der Waals surface area (Å²) >= 11 is 1.43. The van der Waals surface area contributed by atoms with Gasteiger partial charge in [0.1, 0.15) is 11.5 Å². The molecule has 0 aliphatic carbocycles. The highest BCUT2D eigenvalue weighted by molar-refractivity contribution is 8.16. The minimum Gasteiger partial charge on any atom is -0.497 e. The topological polar surface area (TPSA) is 89.5 Å². The van der Waals surface area contributed by atoms with Crippen molar-refractivity contribution in [2.45, 2.75) is 33.2 Å². The van der Waals surface area contributed by atoms with Crippen LogP contribution in [-0.4, -0.2) is 49.3 Å². The highest BCUT2D eigenvalue weighted by Gasteiger charge is 2.42. The van der Waals surface area contributed by atoms with Crippen molar-refractivity contribution in [3.63, 3.8) is 0 Å². The molecule has 0 spiro atoms. The molecule has 8 nitrogen and oxygen atoms in total. The molecule has 4 rings (SSSR count). The Balaban J connectivity index is 1.89. The zero-order valence-corrected chi connectivity index (χ0v) is 23.1. The van der Waals surface area contributed by atoms with E-state index >= 15 is 0 Å². The molecule has 200 valence electrons. The summed E-state index contributed by atoms with van der Waals surface area (Å²) in [5, 5.41) is 5.59. The predicted molar refractivity (Wildman–Crippen MR) is 150 cm³/mol. The van der Waals surface area contributed by atoms with Gasteiger partial charge < -0.3 is 24.4 Å². The Morgan fingerprint density at radius 2 is 1.76 bits per heavy atom. The van der Waals surface area contributed by atoms with Crippen molar-refractivity contribution >= 4 is 34.5 Å². The molecule has 2 aromatic rings. The van der Waals surface area contributed by atoms with Crippen LogP contribution >= 0.6 is 11.8 Å². The largest absolute Gasteiger partial charge is 0.497 e. The van der Waals surface area contributed by atoms with E-state index < -0.39 is 12.0 Å². The van der Waals surface area contributed by atoms with Crippen molar-refractivity contribution in [3.05, 3.63) is 76.3 Å². The molecule has 9 heteroatoms. The van der Waals surface area contributed by atoms with Crippen molar-refractivity contribution in [1.82, 2.24) is 10.2 Å². The van der Waals surface area contributed by atoms with E-state index in [1.165, 1.54) is 11.8 Å². The smallest absolute Gasteiger partial charge is 0.338 e. The standard InChI is InChI=1S/C29H33N3O5S/c1-6-37-28(34)25-26(19-10-8-7-9-11-19)31-29-32(21(17-38-29)14-24(33)30-16-18(2)3)27(25)20-12-22(35-4)15-23(13-20)36-5/h7-13,15,17-18,27H,6,14,16H2,1-5H3,(H,30,33). The SMILES string of the molecule is CCOC(=O)C1=C(c2ccccc2)N=C2SC=C(CC(=O)NCC(C)C)N2C1c1cc(OC)cc(OC)c1. The number of nitrogens with zero attached hydrogens (tertiary/aromatic N) is 2. The zero-order valence-electron chi connectivity index (χ0n) is 22.3. The second kappa shape index (κ2) is 12.2. The quantitative estimate of drug-likeness (QED) is 0.421. The summed E-state index contributed by atoms with van der Waals surface area (Å²) in [5.74, 6) is 0.937. The minimum atomic E-state index is -0.625. The molecule has 0 saturated heterocycles. The number of rotatable bonds is 10. The number of esters is 1. The van der Waals surface area contributed by atoms with Gasteiger partial charge in [-0.2, -0.15) is 0 Å². The summed E-state index contributed by atoms with van der Waals surface area (Å²) < 4.78 is 16.7. The van der Waals surface area contributed by atoms with E-state index in [1.54, 1.807) is 27.2 Å². The number of carbonyl (C=O) groups is 2. The van der Waals surface area contributed by atoms with Gasteiger partial charge in [0.05, 0.1) is 44.6 Å². The maximum atomic E-state index is 13.6. The molecule has 1 unspecified atom stereocenters. The summed E-state index contributed by atoms with van der Waals surface area (Å²) in [6, 6.07) is 14.5. The molecule has 0 fully saturated rings. The fourth-order valence-corrected chi connectivity index (χ4v) is 5.25. The maximum Gasteiger partial charge on any atom is 0.338 e. The van der Waals surface area contributed by atoms with Gasteiger partial charge in [0.25, 0.3) is 0 Å². The number of amides is 1. The Bertz CT molecular complexity index is 1260. The van der Waals surface area contributed by atoms with Gasteiger partial charge in [-0.15, -0.1) is 0 Å². The van der Waals surface area contributed by atoms with Crippen LogP contribution in [0.25, 0.3) is 5.70 Å². The van der Waals surface area contributed by atoms with Crippen molar-refractivity contribution in [1.29, 1.82) is 0 Å². The number of fused-ring (bicyclic) bond motifs is 1. The second-order valence-corrected chi connectivity index (χ2v) is 10.1. The first-order chi connectivity index (χ1) is 18.4. The van der Waals surface area contributed by atoms with Gasteiger partial charge in [0, 0.05) is 23.9 Å². The van der Waals surface area contributed by atoms with Crippen LogP contribution in [0.2, 0.25) is 0 Å². The second-order valence-electron chi connectivity index (χ2n) is 9.26. The van der Waals surface area contributed by atoms with Crippen molar-refractivity contribution in [3.8, 4) is 11.5 Å². The van der Waals surface area contributed by atoms with Crippen molar-refractivity contribution in [2.75, 3.05) is 27.4 Å². The molecular formula is C29H33N3O5S. The number of ether oxygens (including phenoxy) is 3. The van der Waals surface area contributed by atoms with Crippen molar-refractivity contribution < 1.29 is 23.8 Å². The number of carbonyl (C=O) groups excluding carboxylic acids is 2. The summed E-state index contributed by atoms with van der Waals surface area (Å²) in [4.78, 5) is 33.4. The number of benzene rings is 2. The molecule has 1 N–H and O–H groups in total. The Morgan fingerprint density at radius 1 is 1.08 bits per heavy atom. The Kier molecular flexibility index (Phi) is 8.78. The first-order valence-electron chi connectivity index (χ1n) is 12.6. The number of nitrogens with one attached hydrogen (secondary N) is 1. The Morgan fingerprint density at radius 3 is 2.37 bits per heavy atom. The first-order valence-corrected chi connectivity index (χ1v) is 13.4. The molecule has 0 radical (unpaired) electrons. The average molecular weight is 536 g/mol. The maximum absolute atomic E-state index is 13.6. The molecule has 38 heavy (non-hydrogen) atoms. The molecule has 2 aliphatic rings. The lowest BCUT2D eigenvalue weighted by Gasteiger charge is -2.37. The lowest BCUT2D eigenvalue weighted by Crippen LogP contribution is -2.38. The highest BCUT2D eigenvalue weighted by Crippen LogP contribution is 2.48. The van der Waals surface area contributed by atoms with Gasteiger partial charge in [-0.3, -0.25) is 4.79 Å². The van der Waals surface area contributed by atoms with E-state index in [0.717, 1.165) is 16.8 Å². The van der Waals surface area contributed by atoms with Gasteiger partial charge in [-0.05, 0) is 35.9 Å². The fraction of sp³-hybridized carbons (Fsp3) is 0.345. The number of methoxy groups -OCH3 is 2. The fourth-order valence-electron chi connectivity index (χ4n) is 4.34. The van der Waals surface area contributed by atoms with Crippen LogP contribution in [0.4, 0.5) is 0 Å². The number of aliphatic imine (C=N–C) groups is 1. The summed E-state index contributed by atoms with van der Waals surface area (Å²) in [6.45, 7) is 6.67. The molecule has 1 amide bonds. The van der Waals surface area contributed by atoms with Gasteiger partial charge >= 0.3 is 5.97 Å². The lowest BCUT2D eigenvalue weighted by molar-refractivity contribution is -0.139. The van der Waals surface area contributed by atoms with Crippen LogP contribution in [0.1, 0.15) is 44.4 Å². The molecular weight excluding hydrogens is 502 g/mol. The summed E-state index contributed by atoms with van der Waals surface area (Å²) in [6.07, 6.45) is 0.146. The van der Waals surface area contributed by atoms with E-state index in [2.05, 4.69) is 5.32 Å². The minimum absolute atomic E-state index is 0.0932. The van der Waals surface area contributed by atoms with E-state index in [-0.39, 0.29) is 18.9 Å². The number of amidine groups is 1.